The summed E-state index contributed by atoms with van der Waals surface area (Å²) in [5.74, 6) is -0.239. The highest BCUT2D eigenvalue weighted by Gasteiger charge is 2.09. The summed E-state index contributed by atoms with van der Waals surface area (Å²) in [4.78, 5) is 16.5. The summed E-state index contributed by atoms with van der Waals surface area (Å²) in [5, 5.41) is 11.5. The fourth-order valence-corrected chi connectivity index (χ4v) is 2.03. The topological polar surface area (TPSA) is 86.8 Å². The Bertz CT molecular complexity index is 905. The molecule has 0 amide bonds. The van der Waals surface area contributed by atoms with Gasteiger partial charge in [-0.3, -0.25) is 0 Å². The van der Waals surface area contributed by atoms with Crippen molar-refractivity contribution < 1.29 is 23.2 Å². The van der Waals surface area contributed by atoms with Gasteiger partial charge in [0, 0.05) is 5.56 Å². The monoisotopic (exact) mass is 355 g/mol. The van der Waals surface area contributed by atoms with Gasteiger partial charge in [-0.15, -0.1) is 10.2 Å². The first-order valence-corrected chi connectivity index (χ1v) is 7.58. The van der Waals surface area contributed by atoms with E-state index in [9.17, 15) is 9.18 Å². The number of hydrogen-bond acceptors (Lipinski definition) is 7. The van der Waals surface area contributed by atoms with E-state index in [2.05, 4.69) is 20.1 Å². The molecule has 8 heteroatoms. The molecular weight excluding hydrogens is 341 g/mol. The van der Waals surface area contributed by atoms with Crippen molar-refractivity contribution in [2.45, 2.75) is 6.61 Å². The van der Waals surface area contributed by atoms with Crippen molar-refractivity contribution in [3.05, 3.63) is 71.4 Å². The number of ether oxygens (including phenoxy) is 1. The molecule has 0 radical (unpaired) electrons. The quantitative estimate of drug-likeness (QED) is 0.383. The lowest BCUT2D eigenvalue weighted by molar-refractivity contribution is 0.0600. The Kier molecular flexibility index (Phi) is 5.33. The number of halogens is 1. The van der Waals surface area contributed by atoms with Gasteiger partial charge in [-0.05, 0) is 42.0 Å². The third-order valence-corrected chi connectivity index (χ3v) is 3.35. The van der Waals surface area contributed by atoms with Crippen molar-refractivity contribution in [3.8, 4) is 11.5 Å². The van der Waals surface area contributed by atoms with Crippen molar-refractivity contribution in [2.24, 2.45) is 5.16 Å². The van der Waals surface area contributed by atoms with Gasteiger partial charge < -0.3 is 14.0 Å². The zero-order chi connectivity index (χ0) is 18.4. The van der Waals surface area contributed by atoms with E-state index in [1.165, 1.54) is 25.5 Å². The van der Waals surface area contributed by atoms with Crippen LogP contribution in [-0.4, -0.2) is 29.5 Å². The molecule has 0 bridgehead atoms. The largest absolute Gasteiger partial charge is 0.465 e. The Morgan fingerprint density at radius 3 is 2.58 bits per heavy atom. The van der Waals surface area contributed by atoms with Gasteiger partial charge in [-0.1, -0.05) is 17.3 Å². The highest BCUT2D eigenvalue weighted by Crippen LogP contribution is 2.18. The molecule has 0 aliphatic rings. The summed E-state index contributed by atoms with van der Waals surface area (Å²) in [7, 11) is 1.32. The zero-order valence-electron chi connectivity index (χ0n) is 13.8. The van der Waals surface area contributed by atoms with Gasteiger partial charge in [-0.2, -0.15) is 0 Å². The third-order valence-electron chi connectivity index (χ3n) is 3.35. The SMILES string of the molecule is COC(=O)c1ccc(/C=N/OCc2nnc(-c3ccc(F)cc3)o2)cc1. The van der Waals surface area contributed by atoms with E-state index in [1.807, 2.05) is 0 Å². The maximum Gasteiger partial charge on any atom is 0.337 e. The molecule has 0 unspecified atom stereocenters. The minimum atomic E-state index is -0.405. The molecule has 0 saturated heterocycles. The van der Waals surface area contributed by atoms with E-state index in [4.69, 9.17) is 9.25 Å². The third kappa shape index (κ3) is 4.29. The van der Waals surface area contributed by atoms with Gasteiger partial charge in [0.2, 0.25) is 5.89 Å². The number of nitrogens with zero attached hydrogens (tertiary/aromatic N) is 3. The molecule has 26 heavy (non-hydrogen) atoms. The molecule has 3 rings (SSSR count). The predicted octanol–water partition coefficient (Wildman–Crippen LogP) is 3.21. The normalized spacial score (nSPS) is 10.8. The molecule has 132 valence electrons. The van der Waals surface area contributed by atoms with Crippen molar-refractivity contribution in [3.63, 3.8) is 0 Å². The van der Waals surface area contributed by atoms with Crippen LogP contribution in [0.4, 0.5) is 4.39 Å². The summed E-state index contributed by atoms with van der Waals surface area (Å²) < 4.78 is 23.0. The summed E-state index contributed by atoms with van der Waals surface area (Å²) in [6.45, 7) is -0.00899. The summed E-state index contributed by atoms with van der Waals surface area (Å²) >= 11 is 0. The minimum absolute atomic E-state index is 0.00899. The fourth-order valence-electron chi connectivity index (χ4n) is 2.03. The standard InChI is InChI=1S/C18H14FN3O4/c1-24-18(23)14-4-2-12(3-5-14)10-20-25-11-16-21-22-17(26-16)13-6-8-15(19)9-7-13/h2-10H,11H2,1H3/b20-10+. The number of carbonyl (C=O) groups is 1. The molecule has 0 fully saturated rings. The number of benzene rings is 2. The van der Waals surface area contributed by atoms with Crippen LogP contribution in [0.1, 0.15) is 21.8 Å². The molecule has 0 spiro atoms. The number of oxime groups is 1. The Hall–Kier alpha value is -3.55. The van der Waals surface area contributed by atoms with Gasteiger partial charge in [0.1, 0.15) is 5.82 Å². The second kappa shape index (κ2) is 8.02. The zero-order valence-corrected chi connectivity index (χ0v) is 13.8. The molecule has 0 atom stereocenters. The molecule has 3 aromatic rings. The van der Waals surface area contributed by atoms with Crippen LogP contribution in [0.25, 0.3) is 11.5 Å². The van der Waals surface area contributed by atoms with Gasteiger partial charge in [0.15, 0.2) is 6.61 Å². The molecule has 0 aliphatic heterocycles. The van der Waals surface area contributed by atoms with E-state index in [-0.39, 0.29) is 24.2 Å². The average Bonchev–Trinajstić information content (AvgIpc) is 3.14. The van der Waals surface area contributed by atoms with Crippen LogP contribution in [0.2, 0.25) is 0 Å². The number of carbonyl (C=O) groups excluding carboxylic acids is 1. The first-order valence-electron chi connectivity index (χ1n) is 7.58. The minimum Gasteiger partial charge on any atom is -0.465 e. The second-order valence-electron chi connectivity index (χ2n) is 5.13. The molecule has 0 N–H and O–H groups in total. The Morgan fingerprint density at radius 2 is 1.88 bits per heavy atom. The molecular formula is C18H14FN3O4. The lowest BCUT2D eigenvalue weighted by Gasteiger charge is -1.99. The summed E-state index contributed by atoms with van der Waals surface area (Å²) in [5.41, 5.74) is 1.80. The van der Waals surface area contributed by atoms with Gasteiger partial charge in [-0.25, -0.2) is 9.18 Å². The predicted molar refractivity (Wildman–Crippen MR) is 89.9 cm³/mol. The second-order valence-corrected chi connectivity index (χ2v) is 5.13. The van der Waals surface area contributed by atoms with Crippen LogP contribution in [0, 0.1) is 5.82 Å². The van der Waals surface area contributed by atoms with Gasteiger partial charge >= 0.3 is 5.97 Å². The van der Waals surface area contributed by atoms with E-state index >= 15 is 0 Å². The van der Waals surface area contributed by atoms with E-state index in [1.54, 1.807) is 36.4 Å². The smallest absolute Gasteiger partial charge is 0.337 e. The fraction of sp³-hybridized carbons (Fsp3) is 0.111. The Morgan fingerprint density at radius 1 is 1.15 bits per heavy atom. The molecule has 0 aliphatic carbocycles. The van der Waals surface area contributed by atoms with Gasteiger partial charge in [0.05, 0.1) is 18.9 Å². The van der Waals surface area contributed by atoms with Gasteiger partial charge in [0.25, 0.3) is 5.89 Å². The maximum atomic E-state index is 12.9. The first-order chi connectivity index (χ1) is 12.7. The van der Waals surface area contributed by atoms with Crippen molar-refractivity contribution in [2.75, 3.05) is 7.11 Å². The molecule has 2 aromatic carbocycles. The molecule has 1 heterocycles. The van der Waals surface area contributed by atoms with Crippen LogP contribution in [0.15, 0.2) is 58.1 Å². The van der Waals surface area contributed by atoms with Crippen LogP contribution < -0.4 is 0 Å². The Balaban J connectivity index is 1.54. The highest BCUT2D eigenvalue weighted by molar-refractivity contribution is 5.90. The summed E-state index contributed by atoms with van der Waals surface area (Å²) in [6, 6.07) is 12.4. The Labute approximate surface area is 148 Å². The maximum absolute atomic E-state index is 12.9. The van der Waals surface area contributed by atoms with E-state index in [0.717, 1.165) is 5.56 Å². The first kappa shape index (κ1) is 17.3. The van der Waals surface area contributed by atoms with Crippen LogP contribution in [0.5, 0.6) is 0 Å². The lowest BCUT2D eigenvalue weighted by Crippen LogP contribution is -2.00. The van der Waals surface area contributed by atoms with Crippen molar-refractivity contribution in [1.29, 1.82) is 0 Å². The lowest BCUT2D eigenvalue weighted by atomic mass is 10.1. The number of esters is 1. The van der Waals surface area contributed by atoms with Crippen LogP contribution in [-0.2, 0) is 16.2 Å². The molecule has 0 saturated carbocycles. The highest BCUT2D eigenvalue weighted by atomic mass is 19.1. The van der Waals surface area contributed by atoms with Crippen LogP contribution in [0.3, 0.4) is 0 Å². The molecule has 7 nitrogen and oxygen atoms in total. The molecule has 1 aromatic heterocycles. The summed E-state index contributed by atoms with van der Waals surface area (Å²) in [6.07, 6.45) is 1.48. The van der Waals surface area contributed by atoms with E-state index < -0.39 is 5.97 Å². The number of hydrogen-bond donors (Lipinski definition) is 0. The number of aromatic nitrogens is 2. The van der Waals surface area contributed by atoms with Crippen molar-refractivity contribution >= 4 is 12.2 Å². The van der Waals surface area contributed by atoms with Crippen LogP contribution >= 0.6 is 0 Å². The average molecular weight is 355 g/mol. The van der Waals surface area contributed by atoms with Crippen molar-refractivity contribution in [1.82, 2.24) is 10.2 Å². The van der Waals surface area contributed by atoms with E-state index in [0.29, 0.717) is 11.1 Å². The number of methoxy groups -OCH3 is 1. The number of rotatable bonds is 6.